The molecule has 0 radical (unpaired) electrons. The molecule has 1 amide bonds. The lowest BCUT2D eigenvalue weighted by Gasteiger charge is -2.32. The van der Waals surface area contributed by atoms with Crippen LogP contribution in [-0.4, -0.2) is 45.7 Å². The standard InChI is InChI=1S/C19H21N3O6S/c1-28-18-10-9-15(22(24)25)12-17(18)21(29(2,26)27)13-19(23)20-11-5-7-14-6-3-4-8-16(14)20/h3-4,6,8-10,12H,5,7,11,13H2,1-2H3. The summed E-state index contributed by atoms with van der Waals surface area (Å²) in [6.07, 6.45) is 2.55. The van der Waals surface area contributed by atoms with Crippen LogP contribution in [0.1, 0.15) is 12.0 Å². The van der Waals surface area contributed by atoms with Gasteiger partial charge in [0.15, 0.2) is 0 Å². The van der Waals surface area contributed by atoms with Crippen LogP contribution in [0.15, 0.2) is 42.5 Å². The molecule has 2 aromatic carbocycles. The van der Waals surface area contributed by atoms with Gasteiger partial charge >= 0.3 is 0 Å². The van der Waals surface area contributed by atoms with Crippen molar-refractivity contribution in [2.45, 2.75) is 12.8 Å². The maximum absolute atomic E-state index is 13.1. The number of carbonyl (C=O) groups is 1. The Bertz CT molecular complexity index is 1050. The third-order valence-corrected chi connectivity index (χ3v) is 5.86. The van der Waals surface area contributed by atoms with Crippen LogP contribution in [0.5, 0.6) is 5.75 Å². The number of carbonyl (C=O) groups excluding carboxylic acids is 1. The van der Waals surface area contributed by atoms with E-state index < -0.39 is 27.4 Å². The molecule has 2 aromatic rings. The number of nitro benzene ring substituents is 1. The van der Waals surface area contributed by atoms with Gasteiger partial charge in [0.2, 0.25) is 15.9 Å². The van der Waals surface area contributed by atoms with Crippen molar-refractivity contribution in [2.75, 3.05) is 35.7 Å². The molecule has 0 saturated carbocycles. The van der Waals surface area contributed by atoms with Gasteiger partial charge in [0.25, 0.3) is 5.69 Å². The van der Waals surface area contributed by atoms with Crippen molar-refractivity contribution in [3.8, 4) is 5.75 Å². The van der Waals surface area contributed by atoms with E-state index in [1.807, 2.05) is 24.3 Å². The minimum absolute atomic E-state index is 0.0529. The fourth-order valence-corrected chi connectivity index (χ4v) is 4.21. The van der Waals surface area contributed by atoms with Crippen molar-refractivity contribution >= 4 is 33.0 Å². The molecule has 0 unspecified atom stereocenters. The topological polar surface area (TPSA) is 110 Å². The van der Waals surface area contributed by atoms with Crippen LogP contribution in [0, 0.1) is 10.1 Å². The maximum atomic E-state index is 13.1. The first kappa shape index (κ1) is 20.6. The second-order valence-electron chi connectivity index (χ2n) is 6.66. The number of sulfonamides is 1. The molecule has 0 aliphatic carbocycles. The van der Waals surface area contributed by atoms with Crippen molar-refractivity contribution in [2.24, 2.45) is 0 Å². The van der Waals surface area contributed by atoms with Crippen LogP contribution in [0.4, 0.5) is 17.1 Å². The fourth-order valence-electron chi connectivity index (χ4n) is 3.37. The molecule has 0 N–H and O–H groups in total. The molecule has 29 heavy (non-hydrogen) atoms. The van der Waals surface area contributed by atoms with Gasteiger partial charge in [-0.2, -0.15) is 0 Å². The zero-order valence-electron chi connectivity index (χ0n) is 16.1. The van der Waals surface area contributed by atoms with E-state index >= 15 is 0 Å². The van der Waals surface area contributed by atoms with Crippen molar-refractivity contribution in [3.05, 3.63) is 58.1 Å². The van der Waals surface area contributed by atoms with Gasteiger partial charge in [-0.05, 0) is 30.5 Å². The van der Waals surface area contributed by atoms with Gasteiger partial charge in [0, 0.05) is 24.4 Å². The zero-order valence-corrected chi connectivity index (χ0v) is 16.9. The number of anilines is 2. The third-order valence-electron chi connectivity index (χ3n) is 4.73. The van der Waals surface area contributed by atoms with E-state index in [-0.39, 0.29) is 17.1 Å². The number of aryl methyl sites for hydroxylation is 1. The lowest BCUT2D eigenvalue weighted by Crippen LogP contribution is -2.44. The summed E-state index contributed by atoms with van der Waals surface area (Å²) in [5.74, 6) is -0.302. The fraction of sp³-hybridized carbons (Fsp3) is 0.316. The summed E-state index contributed by atoms with van der Waals surface area (Å²) in [5.41, 5.74) is 1.42. The van der Waals surface area contributed by atoms with Crippen LogP contribution in [0.25, 0.3) is 0 Å². The Balaban J connectivity index is 1.99. The molecule has 0 aromatic heterocycles. The molecular formula is C19H21N3O6S. The number of non-ortho nitro benzene ring substituents is 1. The smallest absolute Gasteiger partial charge is 0.271 e. The Morgan fingerprint density at radius 2 is 2.00 bits per heavy atom. The maximum Gasteiger partial charge on any atom is 0.271 e. The first-order valence-corrected chi connectivity index (χ1v) is 10.8. The minimum Gasteiger partial charge on any atom is -0.495 e. The van der Waals surface area contributed by atoms with Crippen molar-refractivity contribution in [1.82, 2.24) is 0 Å². The predicted molar refractivity (Wildman–Crippen MR) is 109 cm³/mol. The summed E-state index contributed by atoms with van der Waals surface area (Å²) in [7, 11) is -2.59. The first-order valence-electron chi connectivity index (χ1n) is 8.91. The van der Waals surface area contributed by atoms with Crippen LogP contribution in [0.2, 0.25) is 0 Å². The summed E-state index contributed by atoms with van der Waals surface area (Å²) in [6, 6.07) is 11.1. The normalized spacial score (nSPS) is 13.5. The Hall–Kier alpha value is -3.14. The van der Waals surface area contributed by atoms with E-state index in [1.165, 1.54) is 19.2 Å². The number of amides is 1. The summed E-state index contributed by atoms with van der Waals surface area (Å²) >= 11 is 0. The van der Waals surface area contributed by atoms with E-state index in [1.54, 1.807) is 4.90 Å². The monoisotopic (exact) mass is 419 g/mol. The lowest BCUT2D eigenvalue weighted by molar-refractivity contribution is -0.384. The second-order valence-corrected chi connectivity index (χ2v) is 8.57. The molecule has 3 rings (SSSR count). The van der Waals surface area contributed by atoms with Crippen molar-refractivity contribution in [1.29, 1.82) is 0 Å². The predicted octanol–water partition coefficient (Wildman–Crippen LogP) is 2.35. The number of hydrogen-bond donors (Lipinski definition) is 0. The summed E-state index contributed by atoms with van der Waals surface area (Å²) in [4.78, 5) is 25.1. The minimum atomic E-state index is -3.92. The number of nitrogens with zero attached hydrogens (tertiary/aromatic N) is 3. The van der Waals surface area contributed by atoms with Gasteiger partial charge in [-0.3, -0.25) is 19.2 Å². The highest BCUT2D eigenvalue weighted by atomic mass is 32.2. The number of ether oxygens (including phenoxy) is 1. The number of fused-ring (bicyclic) bond motifs is 1. The highest BCUT2D eigenvalue weighted by molar-refractivity contribution is 7.92. The van der Waals surface area contributed by atoms with Gasteiger partial charge in [-0.1, -0.05) is 18.2 Å². The molecule has 1 heterocycles. The van der Waals surface area contributed by atoms with Crippen LogP contribution in [0.3, 0.4) is 0 Å². The van der Waals surface area contributed by atoms with Crippen LogP contribution >= 0.6 is 0 Å². The molecule has 0 spiro atoms. The summed E-state index contributed by atoms with van der Waals surface area (Å²) < 4.78 is 31.0. The Kier molecular flexibility index (Phi) is 5.73. The second kappa shape index (κ2) is 8.08. The van der Waals surface area contributed by atoms with E-state index in [0.717, 1.165) is 40.7 Å². The molecule has 0 atom stereocenters. The Morgan fingerprint density at radius 3 is 2.66 bits per heavy atom. The first-order chi connectivity index (χ1) is 13.7. The van der Waals surface area contributed by atoms with E-state index in [4.69, 9.17) is 4.74 Å². The summed E-state index contributed by atoms with van der Waals surface area (Å²) in [5, 5.41) is 11.2. The Labute approximate surface area is 168 Å². The average molecular weight is 419 g/mol. The Morgan fingerprint density at radius 1 is 1.28 bits per heavy atom. The average Bonchev–Trinajstić information content (AvgIpc) is 2.70. The molecule has 10 heteroatoms. The third kappa shape index (κ3) is 4.32. The number of benzene rings is 2. The number of para-hydroxylation sites is 1. The van der Waals surface area contributed by atoms with Gasteiger partial charge in [-0.25, -0.2) is 8.42 Å². The largest absolute Gasteiger partial charge is 0.495 e. The van der Waals surface area contributed by atoms with Gasteiger partial charge < -0.3 is 9.64 Å². The molecule has 1 aliphatic heterocycles. The highest BCUT2D eigenvalue weighted by Gasteiger charge is 2.30. The number of hydrogen-bond acceptors (Lipinski definition) is 6. The number of methoxy groups -OCH3 is 1. The van der Waals surface area contributed by atoms with Gasteiger partial charge in [0.1, 0.15) is 18.0 Å². The van der Waals surface area contributed by atoms with Crippen LogP contribution in [-0.2, 0) is 21.2 Å². The number of rotatable bonds is 6. The van der Waals surface area contributed by atoms with Crippen molar-refractivity contribution in [3.63, 3.8) is 0 Å². The molecule has 0 fully saturated rings. The summed E-state index contributed by atoms with van der Waals surface area (Å²) in [6.45, 7) is -0.0236. The molecule has 154 valence electrons. The van der Waals surface area contributed by atoms with Crippen LogP contribution < -0.4 is 13.9 Å². The lowest BCUT2D eigenvalue weighted by atomic mass is 10.0. The van der Waals surface area contributed by atoms with E-state index in [0.29, 0.717) is 6.54 Å². The van der Waals surface area contributed by atoms with E-state index in [2.05, 4.69) is 0 Å². The van der Waals surface area contributed by atoms with Crippen molar-refractivity contribution < 1.29 is 22.9 Å². The zero-order chi connectivity index (χ0) is 21.2. The molecular weight excluding hydrogens is 398 g/mol. The quantitative estimate of drug-likeness (QED) is 0.525. The molecule has 0 saturated heterocycles. The SMILES string of the molecule is COc1ccc([N+](=O)[O-])cc1N(CC(=O)N1CCCc2ccccc21)S(C)(=O)=O. The molecule has 0 bridgehead atoms. The highest BCUT2D eigenvalue weighted by Crippen LogP contribution is 2.34. The van der Waals surface area contributed by atoms with E-state index in [9.17, 15) is 23.3 Å². The molecule has 9 nitrogen and oxygen atoms in total. The molecule has 1 aliphatic rings. The van der Waals surface area contributed by atoms with Gasteiger partial charge in [-0.15, -0.1) is 0 Å². The van der Waals surface area contributed by atoms with Gasteiger partial charge in [0.05, 0.1) is 18.3 Å². The number of nitro groups is 1.